The van der Waals surface area contributed by atoms with Gasteiger partial charge in [0, 0.05) is 24.7 Å². The minimum atomic E-state index is -1.87. The maximum atomic E-state index is 14.0. The minimum absolute atomic E-state index is 0.0455. The molecule has 0 spiro atoms. The van der Waals surface area contributed by atoms with Gasteiger partial charge in [-0.15, -0.1) is 0 Å². The smallest absolute Gasteiger partial charge is 0.345 e. The highest BCUT2D eigenvalue weighted by atomic mass is 16.6. The van der Waals surface area contributed by atoms with Crippen LogP contribution in [0.2, 0.25) is 0 Å². The lowest BCUT2D eigenvalue weighted by Crippen LogP contribution is -2.53. The normalized spacial score (nSPS) is 19.1. The fraction of sp³-hybridized carbons (Fsp3) is 0.222. The van der Waals surface area contributed by atoms with Gasteiger partial charge in [-0.05, 0) is 70.8 Å². The molecule has 52 heavy (non-hydrogen) atoms. The van der Waals surface area contributed by atoms with Gasteiger partial charge in [-0.2, -0.15) is 0 Å². The summed E-state index contributed by atoms with van der Waals surface area (Å²) in [5.41, 5.74) is 0.410. The number of benzene rings is 4. The van der Waals surface area contributed by atoms with E-state index in [-0.39, 0.29) is 22.3 Å². The Labute approximate surface area is 293 Å². The highest BCUT2D eigenvalue weighted by molar-refractivity contribution is 5.88. The van der Waals surface area contributed by atoms with Gasteiger partial charge in [0.05, 0.1) is 11.8 Å². The summed E-state index contributed by atoms with van der Waals surface area (Å²) < 4.78 is 10.9. The first-order valence-electron chi connectivity index (χ1n) is 15.5. The van der Waals surface area contributed by atoms with Gasteiger partial charge in [0.25, 0.3) is 0 Å². The topological polar surface area (TPSA) is 289 Å². The SMILES string of the molecule is O=C(O)C(Cc1ccc(O)c(O)c1)OC(=O)C1C(c2ccc(O)c(O)c2)C(C(=O)OC(Cc2ccc(O)c(O)c2)C(=O)O)C1c1ccc(O)c(O)c1. The number of ether oxygens (including phenoxy) is 2. The number of esters is 2. The second-order valence-corrected chi connectivity index (χ2v) is 12.2. The molecule has 10 N–H and O–H groups in total. The van der Waals surface area contributed by atoms with Crippen LogP contribution in [-0.2, 0) is 41.5 Å². The molecule has 1 saturated carbocycles. The second kappa shape index (κ2) is 14.6. The number of phenolic OH excluding ortho intramolecular Hbond substituents is 8. The van der Waals surface area contributed by atoms with Gasteiger partial charge < -0.3 is 60.5 Å². The van der Waals surface area contributed by atoms with Crippen LogP contribution in [0.3, 0.4) is 0 Å². The van der Waals surface area contributed by atoms with Crippen LogP contribution in [0.5, 0.6) is 46.0 Å². The number of carboxylic acids is 2. The Morgan fingerprint density at radius 3 is 1.06 bits per heavy atom. The molecule has 0 radical (unpaired) electrons. The van der Waals surface area contributed by atoms with Crippen LogP contribution in [0, 0.1) is 11.8 Å². The van der Waals surface area contributed by atoms with Gasteiger partial charge in [-0.1, -0.05) is 24.3 Å². The van der Waals surface area contributed by atoms with Gasteiger partial charge in [0.2, 0.25) is 12.2 Å². The van der Waals surface area contributed by atoms with Gasteiger partial charge in [0.15, 0.2) is 46.0 Å². The summed E-state index contributed by atoms with van der Waals surface area (Å²) in [5, 5.41) is 99.6. The number of phenols is 8. The van der Waals surface area contributed by atoms with E-state index >= 15 is 0 Å². The number of rotatable bonds is 12. The number of aliphatic carboxylic acids is 2. The van der Waals surface area contributed by atoms with E-state index in [0.717, 1.165) is 48.5 Å². The predicted octanol–water partition coefficient (Wildman–Crippen LogP) is 2.92. The zero-order valence-electron chi connectivity index (χ0n) is 26.7. The van der Waals surface area contributed by atoms with Crippen molar-refractivity contribution in [2.24, 2.45) is 11.8 Å². The number of carbonyl (C=O) groups excluding carboxylic acids is 2. The van der Waals surface area contributed by atoms with Gasteiger partial charge in [-0.3, -0.25) is 9.59 Å². The summed E-state index contributed by atoms with van der Waals surface area (Å²) in [6.45, 7) is 0. The first-order valence-corrected chi connectivity index (χ1v) is 15.5. The van der Waals surface area contributed by atoms with E-state index in [9.17, 15) is 70.2 Å². The van der Waals surface area contributed by atoms with E-state index in [1.807, 2.05) is 0 Å². The Bertz CT molecular complexity index is 1890. The molecule has 1 aliphatic rings. The average Bonchev–Trinajstić information content (AvgIpc) is 3.06. The summed E-state index contributed by atoms with van der Waals surface area (Å²) in [6.07, 6.45) is -4.70. The van der Waals surface area contributed by atoms with E-state index in [0.29, 0.717) is 0 Å². The third-order valence-electron chi connectivity index (χ3n) is 8.85. The fourth-order valence-corrected chi connectivity index (χ4v) is 6.28. The van der Waals surface area contributed by atoms with E-state index < -0.39 is 119 Å². The summed E-state index contributed by atoms with van der Waals surface area (Å²) >= 11 is 0. The van der Waals surface area contributed by atoms with Gasteiger partial charge in [-0.25, -0.2) is 9.59 Å². The zero-order chi connectivity index (χ0) is 38.0. The van der Waals surface area contributed by atoms with Crippen LogP contribution >= 0.6 is 0 Å². The van der Waals surface area contributed by atoms with Gasteiger partial charge >= 0.3 is 23.9 Å². The zero-order valence-corrected chi connectivity index (χ0v) is 26.7. The highest BCUT2D eigenvalue weighted by Crippen LogP contribution is 2.59. The first-order chi connectivity index (χ1) is 24.5. The summed E-state index contributed by atoms with van der Waals surface area (Å²) in [4.78, 5) is 52.6. The standard InChI is InChI=1S/C36H32O16/c37-19-5-1-15(9-23(19)41)11-27(33(45)46)51-35(49)31-29(17-3-7-21(39)25(43)13-17)32(30(31)18-4-8-22(40)26(44)14-18)36(50)52-28(34(47)48)12-16-2-6-20(38)24(42)10-16/h1-10,13-14,27-32,37-44H,11-12H2,(H,45,46)(H,47,48). The van der Waals surface area contributed by atoms with E-state index in [2.05, 4.69) is 0 Å². The van der Waals surface area contributed by atoms with Crippen LogP contribution in [0.1, 0.15) is 34.1 Å². The van der Waals surface area contributed by atoms with Gasteiger partial charge in [0.1, 0.15) is 0 Å². The van der Waals surface area contributed by atoms with Crippen LogP contribution < -0.4 is 0 Å². The summed E-state index contributed by atoms with van der Waals surface area (Å²) in [6, 6.07) is 13.6. The fourth-order valence-electron chi connectivity index (χ4n) is 6.28. The maximum absolute atomic E-state index is 14.0. The average molecular weight is 721 g/mol. The lowest BCUT2D eigenvalue weighted by molar-refractivity contribution is -0.181. The van der Waals surface area contributed by atoms with Crippen molar-refractivity contribution in [3.8, 4) is 46.0 Å². The first kappa shape index (κ1) is 36.4. The maximum Gasteiger partial charge on any atom is 0.345 e. The highest BCUT2D eigenvalue weighted by Gasteiger charge is 2.60. The molecule has 4 aromatic carbocycles. The molecule has 0 heterocycles. The Morgan fingerprint density at radius 2 is 0.769 bits per heavy atom. The van der Waals surface area contributed by atoms with Crippen LogP contribution in [0.25, 0.3) is 0 Å². The lowest BCUT2D eigenvalue weighted by Gasteiger charge is -2.50. The van der Waals surface area contributed by atoms with Crippen LogP contribution in [0.4, 0.5) is 0 Å². The molecule has 0 bridgehead atoms. The van der Waals surface area contributed by atoms with Crippen LogP contribution in [0.15, 0.2) is 72.8 Å². The molecule has 0 aromatic heterocycles. The Balaban J connectivity index is 1.55. The van der Waals surface area contributed by atoms with Crippen molar-refractivity contribution in [3.63, 3.8) is 0 Å². The molecule has 0 saturated heterocycles. The molecule has 1 fully saturated rings. The molecule has 2 atom stereocenters. The molecule has 4 aromatic rings. The third kappa shape index (κ3) is 7.50. The number of aromatic hydroxyl groups is 8. The Kier molecular flexibility index (Phi) is 10.2. The molecule has 16 heteroatoms. The molecule has 272 valence electrons. The predicted molar refractivity (Wildman–Crippen MR) is 174 cm³/mol. The van der Waals surface area contributed by atoms with E-state index in [1.165, 1.54) is 24.3 Å². The number of carboxylic acid groups (broad SMARTS) is 2. The van der Waals surface area contributed by atoms with E-state index in [4.69, 9.17) is 9.47 Å². The lowest BCUT2D eigenvalue weighted by atomic mass is 9.52. The number of hydrogen-bond donors (Lipinski definition) is 10. The quantitative estimate of drug-likeness (QED) is 0.0743. The molecule has 2 unspecified atom stereocenters. The van der Waals surface area contributed by atoms with Crippen molar-refractivity contribution in [2.45, 2.75) is 36.9 Å². The van der Waals surface area contributed by atoms with Crippen molar-refractivity contribution in [2.75, 3.05) is 0 Å². The summed E-state index contributed by atoms with van der Waals surface area (Å²) in [5.74, 6) is -15.7. The monoisotopic (exact) mass is 720 g/mol. The Morgan fingerprint density at radius 1 is 0.462 bits per heavy atom. The van der Waals surface area contributed by atoms with Crippen LogP contribution in [-0.4, -0.2) is 87.2 Å². The third-order valence-corrected chi connectivity index (χ3v) is 8.85. The molecular weight excluding hydrogens is 688 g/mol. The summed E-state index contributed by atoms with van der Waals surface area (Å²) in [7, 11) is 0. The molecule has 5 rings (SSSR count). The minimum Gasteiger partial charge on any atom is -0.504 e. The van der Waals surface area contributed by atoms with Crippen molar-refractivity contribution in [1.82, 2.24) is 0 Å². The molecule has 16 nitrogen and oxygen atoms in total. The second-order valence-electron chi connectivity index (χ2n) is 12.2. The number of hydrogen-bond acceptors (Lipinski definition) is 14. The Hall–Kier alpha value is -6.84. The van der Waals surface area contributed by atoms with Crippen molar-refractivity contribution >= 4 is 23.9 Å². The van der Waals surface area contributed by atoms with Crippen molar-refractivity contribution in [3.05, 3.63) is 95.1 Å². The molecule has 1 aliphatic carbocycles. The van der Waals surface area contributed by atoms with Crippen molar-refractivity contribution in [1.29, 1.82) is 0 Å². The van der Waals surface area contributed by atoms with E-state index in [1.54, 1.807) is 0 Å². The molecule has 0 amide bonds. The molecular formula is C36H32O16. The largest absolute Gasteiger partial charge is 0.504 e. The van der Waals surface area contributed by atoms with Crippen molar-refractivity contribution < 1.29 is 79.7 Å². The number of carbonyl (C=O) groups is 4. The molecule has 0 aliphatic heterocycles.